The summed E-state index contributed by atoms with van der Waals surface area (Å²) >= 11 is 5.84. The summed E-state index contributed by atoms with van der Waals surface area (Å²) in [6, 6.07) is 9.10. The van der Waals surface area contributed by atoms with Crippen molar-refractivity contribution in [1.82, 2.24) is 10.6 Å². The maximum absolute atomic E-state index is 13.2. The fraction of sp³-hybridized carbons (Fsp3) is 0.353. The molecule has 0 bridgehead atoms. The Kier molecular flexibility index (Phi) is 6.91. The van der Waals surface area contributed by atoms with E-state index in [1.165, 1.54) is 6.07 Å². The van der Waals surface area contributed by atoms with Crippen molar-refractivity contribution < 1.29 is 8.81 Å². The molecule has 4 nitrogen and oxygen atoms in total. The molecule has 1 aromatic carbocycles. The van der Waals surface area contributed by atoms with E-state index in [1.807, 2.05) is 18.2 Å². The van der Waals surface area contributed by atoms with Crippen LogP contribution < -0.4 is 10.6 Å². The van der Waals surface area contributed by atoms with Crippen LogP contribution in [0, 0.1) is 5.82 Å². The van der Waals surface area contributed by atoms with Crippen molar-refractivity contribution in [1.29, 1.82) is 0 Å². The summed E-state index contributed by atoms with van der Waals surface area (Å²) in [5.74, 6) is 1.66. The molecule has 2 N–H and O–H groups in total. The van der Waals surface area contributed by atoms with Gasteiger partial charge in [-0.15, -0.1) is 24.0 Å². The number of aliphatic imine (C=N–C) groups is 1. The van der Waals surface area contributed by atoms with Crippen LogP contribution in [0.15, 0.2) is 46.0 Å². The molecule has 0 amide bonds. The van der Waals surface area contributed by atoms with Crippen LogP contribution in [-0.4, -0.2) is 19.0 Å². The zero-order chi connectivity index (χ0) is 16.2. The highest BCUT2D eigenvalue weighted by Crippen LogP contribution is 2.38. The molecule has 1 heterocycles. The van der Waals surface area contributed by atoms with Gasteiger partial charge in [0, 0.05) is 13.1 Å². The highest BCUT2D eigenvalue weighted by Gasteiger charge is 2.31. The van der Waals surface area contributed by atoms with Gasteiger partial charge in [0.1, 0.15) is 11.6 Å². The lowest BCUT2D eigenvalue weighted by molar-refractivity contribution is 0.321. The van der Waals surface area contributed by atoms with E-state index in [2.05, 4.69) is 15.6 Å². The Morgan fingerprint density at radius 2 is 2.17 bits per heavy atom. The molecule has 1 fully saturated rings. The first-order valence-electron chi connectivity index (χ1n) is 7.60. The molecule has 0 radical (unpaired) electrons. The number of guanidine groups is 1. The topological polar surface area (TPSA) is 49.6 Å². The van der Waals surface area contributed by atoms with Crippen molar-refractivity contribution in [3.05, 3.63) is 58.8 Å². The van der Waals surface area contributed by atoms with Crippen LogP contribution in [0.5, 0.6) is 0 Å². The summed E-state index contributed by atoms with van der Waals surface area (Å²) in [5, 5.41) is 6.79. The number of rotatable bonds is 4. The van der Waals surface area contributed by atoms with E-state index in [-0.39, 0.29) is 34.8 Å². The number of benzene rings is 1. The highest BCUT2D eigenvalue weighted by molar-refractivity contribution is 14.0. The Balaban J connectivity index is 0.00000208. The average molecular weight is 464 g/mol. The van der Waals surface area contributed by atoms with Gasteiger partial charge in [-0.05, 0) is 48.6 Å². The second kappa shape index (κ2) is 8.71. The van der Waals surface area contributed by atoms with E-state index in [9.17, 15) is 4.39 Å². The third-order valence-corrected chi connectivity index (χ3v) is 4.42. The number of nitrogens with one attached hydrogen (secondary N) is 2. The standard InChI is InChI=1S/C17H19ClFN3O.HI/c1-20-17(21-10-14-3-2-6-23-14)22-13-7-12(8-13)11-4-5-16(19)15(18)9-11;/h2-6,9,12-13H,7-8,10H2,1H3,(H2,20,21,22);1H. The van der Waals surface area contributed by atoms with Gasteiger partial charge in [-0.1, -0.05) is 17.7 Å². The van der Waals surface area contributed by atoms with E-state index in [0.29, 0.717) is 18.5 Å². The number of furan rings is 1. The lowest BCUT2D eigenvalue weighted by Crippen LogP contribution is -2.48. The maximum atomic E-state index is 13.2. The van der Waals surface area contributed by atoms with Crippen LogP contribution in [0.25, 0.3) is 0 Å². The molecule has 0 unspecified atom stereocenters. The molecule has 1 saturated carbocycles. The van der Waals surface area contributed by atoms with Gasteiger partial charge in [-0.2, -0.15) is 0 Å². The van der Waals surface area contributed by atoms with Crippen LogP contribution in [0.3, 0.4) is 0 Å². The number of hydrogen-bond donors (Lipinski definition) is 2. The average Bonchev–Trinajstić information content (AvgIpc) is 3.02. The third kappa shape index (κ3) is 4.63. The molecule has 3 rings (SSSR count). The van der Waals surface area contributed by atoms with Gasteiger partial charge in [0.25, 0.3) is 0 Å². The molecule has 130 valence electrons. The Morgan fingerprint density at radius 3 is 2.79 bits per heavy atom. The van der Waals surface area contributed by atoms with Gasteiger partial charge < -0.3 is 15.1 Å². The zero-order valence-electron chi connectivity index (χ0n) is 13.3. The number of hydrogen-bond acceptors (Lipinski definition) is 2. The van der Waals surface area contributed by atoms with Crippen LogP contribution in [0.1, 0.15) is 30.1 Å². The Labute approximate surface area is 162 Å². The predicted octanol–water partition coefficient (Wildman–Crippen LogP) is 4.30. The molecule has 1 aliphatic carbocycles. The highest BCUT2D eigenvalue weighted by atomic mass is 127. The molecule has 24 heavy (non-hydrogen) atoms. The first-order valence-corrected chi connectivity index (χ1v) is 7.98. The van der Waals surface area contributed by atoms with Gasteiger partial charge in [0.15, 0.2) is 5.96 Å². The van der Waals surface area contributed by atoms with Gasteiger partial charge in [0.2, 0.25) is 0 Å². The van der Waals surface area contributed by atoms with Crippen molar-refractivity contribution >= 4 is 41.5 Å². The van der Waals surface area contributed by atoms with E-state index in [0.717, 1.165) is 30.1 Å². The quantitative estimate of drug-likeness (QED) is 0.404. The Morgan fingerprint density at radius 1 is 1.38 bits per heavy atom. The van der Waals surface area contributed by atoms with E-state index >= 15 is 0 Å². The van der Waals surface area contributed by atoms with Gasteiger partial charge in [0.05, 0.1) is 17.8 Å². The van der Waals surface area contributed by atoms with Crippen LogP contribution in [-0.2, 0) is 6.54 Å². The summed E-state index contributed by atoms with van der Waals surface area (Å²) < 4.78 is 18.5. The van der Waals surface area contributed by atoms with E-state index < -0.39 is 0 Å². The minimum absolute atomic E-state index is 0. The van der Waals surface area contributed by atoms with Crippen molar-refractivity contribution in [2.24, 2.45) is 4.99 Å². The van der Waals surface area contributed by atoms with Crippen LogP contribution >= 0.6 is 35.6 Å². The summed E-state index contributed by atoms with van der Waals surface area (Å²) in [7, 11) is 1.74. The van der Waals surface area contributed by atoms with Crippen molar-refractivity contribution in [3.8, 4) is 0 Å². The monoisotopic (exact) mass is 463 g/mol. The minimum atomic E-state index is -0.369. The van der Waals surface area contributed by atoms with E-state index in [4.69, 9.17) is 16.0 Å². The first kappa shape index (κ1) is 19.1. The summed E-state index contributed by atoms with van der Waals surface area (Å²) in [5.41, 5.74) is 1.09. The second-order valence-corrected chi connectivity index (χ2v) is 6.10. The second-order valence-electron chi connectivity index (χ2n) is 5.69. The molecular weight excluding hydrogens is 444 g/mol. The number of nitrogens with zero attached hydrogens (tertiary/aromatic N) is 1. The molecule has 0 spiro atoms. The van der Waals surface area contributed by atoms with Crippen LogP contribution in [0.4, 0.5) is 4.39 Å². The van der Waals surface area contributed by atoms with Gasteiger partial charge >= 0.3 is 0 Å². The summed E-state index contributed by atoms with van der Waals surface area (Å²) in [6.07, 6.45) is 3.60. The molecule has 0 saturated heterocycles. The van der Waals surface area contributed by atoms with Crippen molar-refractivity contribution in [2.45, 2.75) is 31.3 Å². The lowest BCUT2D eigenvalue weighted by Gasteiger charge is -2.37. The summed E-state index contributed by atoms with van der Waals surface area (Å²) in [6.45, 7) is 0.594. The van der Waals surface area contributed by atoms with Gasteiger partial charge in [-0.25, -0.2) is 4.39 Å². The minimum Gasteiger partial charge on any atom is -0.467 e. The zero-order valence-corrected chi connectivity index (χ0v) is 16.3. The molecule has 2 aromatic rings. The van der Waals surface area contributed by atoms with Gasteiger partial charge in [-0.3, -0.25) is 4.99 Å². The molecule has 1 aromatic heterocycles. The Hall–Kier alpha value is -1.28. The Bertz CT molecular complexity index is 687. The smallest absolute Gasteiger partial charge is 0.191 e. The largest absolute Gasteiger partial charge is 0.467 e. The predicted molar refractivity (Wildman–Crippen MR) is 105 cm³/mol. The fourth-order valence-corrected chi connectivity index (χ4v) is 2.94. The normalized spacial score (nSPS) is 20.0. The van der Waals surface area contributed by atoms with E-state index in [1.54, 1.807) is 19.4 Å². The lowest BCUT2D eigenvalue weighted by atomic mass is 9.76. The fourth-order valence-electron chi connectivity index (χ4n) is 2.75. The van der Waals surface area contributed by atoms with Crippen molar-refractivity contribution in [2.75, 3.05) is 7.05 Å². The summed E-state index contributed by atoms with van der Waals surface area (Å²) in [4.78, 5) is 4.21. The SMILES string of the molecule is CN=C(NCc1ccco1)NC1CC(c2ccc(F)c(Cl)c2)C1.I. The number of halogens is 3. The molecule has 0 atom stereocenters. The van der Waals surface area contributed by atoms with Crippen molar-refractivity contribution in [3.63, 3.8) is 0 Å². The molecule has 1 aliphatic rings. The maximum Gasteiger partial charge on any atom is 0.191 e. The molecular formula is C17H20ClFIN3O. The molecule has 0 aliphatic heterocycles. The third-order valence-electron chi connectivity index (χ3n) is 4.13. The molecule has 7 heteroatoms. The first-order chi connectivity index (χ1) is 11.2. The van der Waals surface area contributed by atoms with Crippen LogP contribution in [0.2, 0.25) is 5.02 Å².